The first-order valence-corrected chi connectivity index (χ1v) is 6.55. The quantitative estimate of drug-likeness (QED) is 0.870. The van der Waals surface area contributed by atoms with Gasteiger partial charge in [-0.05, 0) is 36.1 Å². The third-order valence-corrected chi connectivity index (χ3v) is 3.51. The number of hydrogen-bond donors (Lipinski definition) is 1. The van der Waals surface area contributed by atoms with E-state index in [0.29, 0.717) is 12.3 Å². The molecule has 0 fully saturated rings. The third-order valence-electron chi connectivity index (χ3n) is 2.21. The van der Waals surface area contributed by atoms with Gasteiger partial charge in [0.25, 0.3) is 0 Å². The standard InChI is InChI=1S/C12H12BrNOS/c1-8-5-9(13)6-11(14)12(8)15-7-10-3-2-4-16-10/h2-6H,7,14H2,1H3. The minimum absolute atomic E-state index is 0.574. The van der Waals surface area contributed by atoms with Crippen molar-refractivity contribution in [3.05, 3.63) is 44.6 Å². The lowest BCUT2D eigenvalue weighted by molar-refractivity contribution is 0.309. The van der Waals surface area contributed by atoms with E-state index in [4.69, 9.17) is 10.5 Å². The molecule has 2 N–H and O–H groups in total. The van der Waals surface area contributed by atoms with Gasteiger partial charge in [-0.2, -0.15) is 0 Å². The smallest absolute Gasteiger partial charge is 0.145 e. The van der Waals surface area contributed by atoms with E-state index in [1.165, 1.54) is 4.88 Å². The summed E-state index contributed by atoms with van der Waals surface area (Å²) in [6.07, 6.45) is 0. The van der Waals surface area contributed by atoms with Crippen LogP contribution >= 0.6 is 27.3 Å². The summed E-state index contributed by atoms with van der Waals surface area (Å²) in [6.45, 7) is 2.56. The fourth-order valence-electron chi connectivity index (χ4n) is 1.49. The summed E-state index contributed by atoms with van der Waals surface area (Å²) in [7, 11) is 0. The average molecular weight is 298 g/mol. The Balaban J connectivity index is 2.15. The van der Waals surface area contributed by atoms with E-state index >= 15 is 0 Å². The zero-order valence-electron chi connectivity index (χ0n) is 8.87. The lowest BCUT2D eigenvalue weighted by Gasteiger charge is -2.11. The van der Waals surface area contributed by atoms with Crippen LogP contribution in [-0.4, -0.2) is 0 Å². The summed E-state index contributed by atoms with van der Waals surface area (Å²) in [5.41, 5.74) is 7.62. The number of nitrogen functional groups attached to an aromatic ring is 1. The van der Waals surface area contributed by atoms with Gasteiger partial charge in [-0.15, -0.1) is 11.3 Å². The summed E-state index contributed by atoms with van der Waals surface area (Å²) < 4.78 is 6.71. The van der Waals surface area contributed by atoms with Crippen LogP contribution in [0, 0.1) is 6.92 Å². The molecule has 2 rings (SSSR count). The highest BCUT2D eigenvalue weighted by atomic mass is 79.9. The van der Waals surface area contributed by atoms with Gasteiger partial charge in [0.15, 0.2) is 0 Å². The number of rotatable bonds is 3. The Morgan fingerprint density at radius 2 is 2.25 bits per heavy atom. The summed E-state index contributed by atoms with van der Waals surface area (Å²) in [5.74, 6) is 0.775. The van der Waals surface area contributed by atoms with Crippen molar-refractivity contribution in [3.63, 3.8) is 0 Å². The average Bonchev–Trinajstić information content (AvgIpc) is 2.68. The molecule has 0 aliphatic carbocycles. The van der Waals surface area contributed by atoms with Crippen molar-refractivity contribution >= 4 is 33.0 Å². The maximum Gasteiger partial charge on any atom is 0.145 e. The molecule has 0 radical (unpaired) electrons. The first-order chi connectivity index (χ1) is 7.66. The molecule has 1 heterocycles. The molecule has 0 bridgehead atoms. The molecule has 0 unspecified atom stereocenters. The van der Waals surface area contributed by atoms with E-state index in [-0.39, 0.29) is 0 Å². The summed E-state index contributed by atoms with van der Waals surface area (Å²) >= 11 is 5.09. The van der Waals surface area contributed by atoms with Crippen molar-refractivity contribution in [1.82, 2.24) is 0 Å². The first-order valence-electron chi connectivity index (χ1n) is 4.87. The number of hydrogen-bond acceptors (Lipinski definition) is 3. The Bertz CT molecular complexity index is 459. The Labute approximate surface area is 107 Å². The lowest BCUT2D eigenvalue weighted by atomic mass is 10.2. The molecule has 0 aliphatic heterocycles. The van der Waals surface area contributed by atoms with Gasteiger partial charge in [0.1, 0.15) is 12.4 Å². The minimum atomic E-state index is 0.574. The Hall–Kier alpha value is -1.000. The van der Waals surface area contributed by atoms with Gasteiger partial charge in [0.05, 0.1) is 5.69 Å². The molecule has 84 valence electrons. The van der Waals surface area contributed by atoms with Crippen molar-refractivity contribution in [1.29, 1.82) is 0 Å². The summed E-state index contributed by atoms with van der Waals surface area (Å²) in [6, 6.07) is 7.92. The molecule has 4 heteroatoms. The van der Waals surface area contributed by atoms with Gasteiger partial charge >= 0.3 is 0 Å². The monoisotopic (exact) mass is 297 g/mol. The maximum atomic E-state index is 5.91. The van der Waals surface area contributed by atoms with Gasteiger partial charge in [-0.1, -0.05) is 22.0 Å². The number of nitrogens with two attached hydrogens (primary N) is 1. The molecule has 1 aromatic carbocycles. The highest BCUT2D eigenvalue weighted by Gasteiger charge is 2.06. The van der Waals surface area contributed by atoms with E-state index in [9.17, 15) is 0 Å². The van der Waals surface area contributed by atoms with Crippen LogP contribution in [-0.2, 0) is 6.61 Å². The third kappa shape index (κ3) is 2.57. The van der Waals surface area contributed by atoms with Crippen molar-refractivity contribution in [2.75, 3.05) is 5.73 Å². The SMILES string of the molecule is Cc1cc(Br)cc(N)c1OCc1cccs1. The van der Waals surface area contributed by atoms with Crippen LogP contribution in [0.3, 0.4) is 0 Å². The highest BCUT2D eigenvalue weighted by molar-refractivity contribution is 9.10. The lowest BCUT2D eigenvalue weighted by Crippen LogP contribution is -1.99. The Kier molecular flexibility index (Phi) is 3.51. The van der Waals surface area contributed by atoms with Crippen LogP contribution in [0.25, 0.3) is 0 Å². The van der Waals surface area contributed by atoms with Crippen LogP contribution in [0.15, 0.2) is 34.1 Å². The molecule has 1 aromatic heterocycles. The summed E-state index contributed by atoms with van der Waals surface area (Å²) in [4.78, 5) is 1.20. The fourth-order valence-corrected chi connectivity index (χ4v) is 2.70. The molecule has 0 saturated carbocycles. The minimum Gasteiger partial charge on any atom is -0.486 e. The second-order valence-corrected chi connectivity index (χ2v) is 5.46. The first kappa shape index (κ1) is 11.5. The van der Waals surface area contributed by atoms with Gasteiger partial charge in [0, 0.05) is 9.35 Å². The zero-order chi connectivity index (χ0) is 11.5. The summed E-state index contributed by atoms with van der Waals surface area (Å²) in [5, 5.41) is 2.04. The van der Waals surface area contributed by atoms with Gasteiger partial charge in [0.2, 0.25) is 0 Å². The number of anilines is 1. The molecule has 0 saturated heterocycles. The maximum absolute atomic E-state index is 5.91. The molecule has 2 aromatic rings. The number of benzene rings is 1. The number of aryl methyl sites for hydroxylation is 1. The van der Waals surface area contributed by atoms with Crippen LogP contribution in [0.4, 0.5) is 5.69 Å². The van der Waals surface area contributed by atoms with Crippen LogP contribution in [0.5, 0.6) is 5.75 Å². The topological polar surface area (TPSA) is 35.2 Å². The predicted molar refractivity (Wildman–Crippen MR) is 71.9 cm³/mol. The molecule has 0 aliphatic rings. The predicted octanol–water partition coefficient (Wildman–Crippen LogP) is 3.98. The van der Waals surface area contributed by atoms with Crippen LogP contribution < -0.4 is 10.5 Å². The van der Waals surface area contributed by atoms with Gasteiger partial charge < -0.3 is 10.5 Å². The molecule has 0 atom stereocenters. The molecule has 0 amide bonds. The largest absolute Gasteiger partial charge is 0.486 e. The van der Waals surface area contributed by atoms with Crippen LogP contribution in [0.1, 0.15) is 10.4 Å². The van der Waals surface area contributed by atoms with E-state index in [1.54, 1.807) is 11.3 Å². The molecular formula is C12H12BrNOS. The Morgan fingerprint density at radius 3 is 2.88 bits per heavy atom. The van der Waals surface area contributed by atoms with E-state index < -0.39 is 0 Å². The van der Waals surface area contributed by atoms with Crippen LogP contribution in [0.2, 0.25) is 0 Å². The highest BCUT2D eigenvalue weighted by Crippen LogP contribution is 2.30. The zero-order valence-corrected chi connectivity index (χ0v) is 11.3. The van der Waals surface area contributed by atoms with E-state index in [1.807, 2.05) is 30.5 Å². The van der Waals surface area contributed by atoms with E-state index in [2.05, 4.69) is 22.0 Å². The normalized spacial score (nSPS) is 10.4. The van der Waals surface area contributed by atoms with Gasteiger partial charge in [-0.25, -0.2) is 0 Å². The second-order valence-electron chi connectivity index (χ2n) is 3.51. The molecule has 16 heavy (non-hydrogen) atoms. The van der Waals surface area contributed by atoms with Crippen molar-refractivity contribution in [3.8, 4) is 5.75 Å². The van der Waals surface area contributed by atoms with Crippen molar-refractivity contribution in [2.45, 2.75) is 13.5 Å². The van der Waals surface area contributed by atoms with Gasteiger partial charge in [-0.3, -0.25) is 0 Å². The van der Waals surface area contributed by atoms with Crippen molar-refractivity contribution in [2.24, 2.45) is 0 Å². The van der Waals surface area contributed by atoms with Crippen molar-refractivity contribution < 1.29 is 4.74 Å². The fraction of sp³-hybridized carbons (Fsp3) is 0.167. The Morgan fingerprint density at radius 1 is 1.44 bits per heavy atom. The second kappa shape index (κ2) is 4.89. The number of ether oxygens (including phenoxy) is 1. The molecule has 2 nitrogen and oxygen atoms in total. The molecular weight excluding hydrogens is 286 g/mol. The number of thiophene rings is 1. The number of halogens is 1. The molecule has 0 spiro atoms. The van der Waals surface area contributed by atoms with E-state index in [0.717, 1.165) is 15.8 Å².